The van der Waals surface area contributed by atoms with Crippen molar-refractivity contribution < 1.29 is 9.59 Å². The third-order valence-electron chi connectivity index (χ3n) is 6.18. The van der Waals surface area contributed by atoms with Crippen molar-refractivity contribution in [3.8, 4) is 0 Å². The topological polar surface area (TPSA) is 40.6 Å². The second-order valence-electron chi connectivity index (χ2n) is 7.80. The summed E-state index contributed by atoms with van der Waals surface area (Å²) in [6.45, 7) is 3.36. The minimum atomic E-state index is 0.00949. The number of likely N-dealkylation sites (tertiary alicyclic amines) is 1. The van der Waals surface area contributed by atoms with Crippen molar-refractivity contribution in [2.45, 2.75) is 51.0 Å². The van der Waals surface area contributed by atoms with Gasteiger partial charge in [0.05, 0.1) is 5.92 Å². The van der Waals surface area contributed by atoms with Crippen LogP contribution in [0.1, 0.15) is 49.7 Å². The summed E-state index contributed by atoms with van der Waals surface area (Å²) in [5.74, 6) is 0.424. The van der Waals surface area contributed by atoms with Gasteiger partial charge < -0.3 is 9.80 Å². The molecule has 0 N–H and O–H groups in total. The second-order valence-corrected chi connectivity index (χ2v) is 7.80. The number of hydrogen-bond acceptors (Lipinski definition) is 2. The standard InChI is InChI=1S/C24H28N2O2/c1-2-23(27)26(19-9-4-3-5-10-19)20-14-16-25(17-15-20)24(28)22-13-12-18-8-6-7-11-21(18)22/h3-11,20,22H,2,12-17H2,1H3/t22-/m1/s1. The van der Waals surface area contributed by atoms with Crippen molar-refractivity contribution in [3.63, 3.8) is 0 Å². The Balaban J connectivity index is 1.44. The molecule has 4 rings (SSSR count). The highest BCUT2D eigenvalue weighted by atomic mass is 16.2. The van der Waals surface area contributed by atoms with Gasteiger partial charge in [-0.1, -0.05) is 49.4 Å². The Labute approximate surface area is 167 Å². The van der Waals surface area contributed by atoms with E-state index < -0.39 is 0 Å². The summed E-state index contributed by atoms with van der Waals surface area (Å²) in [5, 5.41) is 0. The van der Waals surface area contributed by atoms with Gasteiger partial charge >= 0.3 is 0 Å². The highest BCUT2D eigenvalue weighted by Gasteiger charge is 2.35. The van der Waals surface area contributed by atoms with E-state index >= 15 is 0 Å². The van der Waals surface area contributed by atoms with Crippen LogP contribution in [0, 0.1) is 0 Å². The summed E-state index contributed by atoms with van der Waals surface area (Å²) in [6.07, 6.45) is 4.08. The Morgan fingerprint density at radius 3 is 2.36 bits per heavy atom. The normalized spacial score (nSPS) is 19.3. The average molecular weight is 377 g/mol. The van der Waals surface area contributed by atoms with E-state index in [0.717, 1.165) is 44.5 Å². The van der Waals surface area contributed by atoms with Gasteiger partial charge in [-0.15, -0.1) is 0 Å². The van der Waals surface area contributed by atoms with E-state index in [-0.39, 0.29) is 23.8 Å². The van der Waals surface area contributed by atoms with Crippen LogP contribution in [0.15, 0.2) is 54.6 Å². The van der Waals surface area contributed by atoms with Crippen LogP contribution in [0.3, 0.4) is 0 Å². The molecule has 1 atom stereocenters. The molecular formula is C24H28N2O2. The number of para-hydroxylation sites is 1. The van der Waals surface area contributed by atoms with Gasteiger partial charge in [-0.25, -0.2) is 0 Å². The Bertz CT molecular complexity index is 841. The molecule has 4 heteroatoms. The van der Waals surface area contributed by atoms with E-state index in [0.29, 0.717) is 6.42 Å². The molecule has 2 amide bonds. The fourth-order valence-electron chi connectivity index (χ4n) is 4.70. The number of carbonyl (C=O) groups is 2. The molecule has 28 heavy (non-hydrogen) atoms. The monoisotopic (exact) mass is 376 g/mol. The van der Waals surface area contributed by atoms with Crippen LogP contribution >= 0.6 is 0 Å². The summed E-state index contributed by atoms with van der Waals surface area (Å²) < 4.78 is 0. The van der Waals surface area contributed by atoms with Crippen LogP contribution in [0.4, 0.5) is 5.69 Å². The van der Waals surface area contributed by atoms with Crippen molar-refractivity contribution in [2.75, 3.05) is 18.0 Å². The first kappa shape index (κ1) is 18.7. The molecule has 0 unspecified atom stereocenters. The predicted molar refractivity (Wildman–Crippen MR) is 111 cm³/mol. The van der Waals surface area contributed by atoms with Gasteiger partial charge in [-0.3, -0.25) is 9.59 Å². The summed E-state index contributed by atoms with van der Waals surface area (Å²) in [5.41, 5.74) is 3.49. The van der Waals surface area contributed by atoms with Gasteiger partial charge in [-0.05, 0) is 48.9 Å². The lowest BCUT2D eigenvalue weighted by molar-refractivity contribution is -0.133. The number of fused-ring (bicyclic) bond motifs is 1. The molecule has 0 saturated carbocycles. The molecule has 146 valence electrons. The molecule has 2 aromatic carbocycles. The highest BCUT2D eigenvalue weighted by Crippen LogP contribution is 2.35. The summed E-state index contributed by atoms with van der Waals surface area (Å²) in [6, 6.07) is 18.4. The maximum absolute atomic E-state index is 13.1. The number of nitrogens with zero attached hydrogens (tertiary/aromatic N) is 2. The van der Waals surface area contributed by atoms with Gasteiger partial charge in [0.1, 0.15) is 0 Å². The highest BCUT2D eigenvalue weighted by molar-refractivity contribution is 5.93. The third-order valence-corrected chi connectivity index (χ3v) is 6.18. The molecule has 1 aliphatic carbocycles. The Kier molecular flexibility index (Phi) is 5.47. The number of carbonyl (C=O) groups excluding carboxylic acids is 2. The quantitative estimate of drug-likeness (QED) is 0.804. The summed E-state index contributed by atoms with van der Waals surface area (Å²) in [4.78, 5) is 29.7. The molecule has 0 aromatic heterocycles. The number of benzene rings is 2. The van der Waals surface area contributed by atoms with E-state index in [2.05, 4.69) is 18.2 Å². The minimum absolute atomic E-state index is 0.00949. The molecular weight excluding hydrogens is 348 g/mol. The minimum Gasteiger partial charge on any atom is -0.342 e. The van der Waals surface area contributed by atoms with Crippen LogP contribution in [-0.2, 0) is 16.0 Å². The van der Waals surface area contributed by atoms with Crippen LogP contribution < -0.4 is 4.90 Å². The summed E-state index contributed by atoms with van der Waals surface area (Å²) in [7, 11) is 0. The molecule has 2 aliphatic rings. The lowest BCUT2D eigenvalue weighted by Gasteiger charge is -2.39. The molecule has 0 bridgehead atoms. The number of hydrogen-bond donors (Lipinski definition) is 0. The Hall–Kier alpha value is -2.62. The molecule has 4 nitrogen and oxygen atoms in total. The van der Waals surface area contributed by atoms with E-state index in [9.17, 15) is 9.59 Å². The largest absolute Gasteiger partial charge is 0.342 e. The zero-order chi connectivity index (χ0) is 19.5. The van der Waals surface area contributed by atoms with Crippen LogP contribution in [0.2, 0.25) is 0 Å². The third kappa shape index (κ3) is 3.56. The molecule has 1 aliphatic heterocycles. The first-order valence-electron chi connectivity index (χ1n) is 10.4. The van der Waals surface area contributed by atoms with Gasteiger partial charge in [0.15, 0.2) is 0 Å². The Morgan fingerprint density at radius 1 is 0.964 bits per heavy atom. The number of anilines is 1. The smallest absolute Gasteiger partial charge is 0.230 e. The number of amides is 2. The lowest BCUT2D eigenvalue weighted by atomic mass is 9.96. The van der Waals surface area contributed by atoms with Crippen molar-refractivity contribution in [1.82, 2.24) is 4.90 Å². The molecule has 1 saturated heterocycles. The van der Waals surface area contributed by atoms with E-state index in [1.165, 1.54) is 11.1 Å². The zero-order valence-electron chi connectivity index (χ0n) is 16.5. The van der Waals surface area contributed by atoms with Gasteiger partial charge in [0.2, 0.25) is 11.8 Å². The van der Waals surface area contributed by atoms with Gasteiger partial charge in [0.25, 0.3) is 0 Å². The van der Waals surface area contributed by atoms with E-state index in [4.69, 9.17) is 0 Å². The Morgan fingerprint density at radius 2 is 1.64 bits per heavy atom. The first-order valence-corrected chi connectivity index (χ1v) is 10.4. The molecule has 0 radical (unpaired) electrons. The second kappa shape index (κ2) is 8.17. The lowest BCUT2D eigenvalue weighted by Crippen LogP contribution is -2.49. The number of piperidine rings is 1. The van der Waals surface area contributed by atoms with Crippen LogP contribution in [0.5, 0.6) is 0 Å². The summed E-state index contributed by atoms with van der Waals surface area (Å²) >= 11 is 0. The van der Waals surface area contributed by atoms with Crippen molar-refractivity contribution in [1.29, 1.82) is 0 Å². The van der Waals surface area contributed by atoms with Gasteiger partial charge in [0, 0.05) is 31.2 Å². The fraction of sp³-hybridized carbons (Fsp3) is 0.417. The first-order chi connectivity index (χ1) is 13.7. The van der Waals surface area contributed by atoms with Crippen molar-refractivity contribution in [3.05, 3.63) is 65.7 Å². The van der Waals surface area contributed by atoms with Crippen molar-refractivity contribution >= 4 is 17.5 Å². The number of rotatable bonds is 4. The fourth-order valence-corrected chi connectivity index (χ4v) is 4.70. The average Bonchev–Trinajstić information content (AvgIpc) is 3.19. The molecule has 2 aromatic rings. The maximum Gasteiger partial charge on any atom is 0.230 e. The molecule has 1 fully saturated rings. The van der Waals surface area contributed by atoms with Crippen LogP contribution in [0.25, 0.3) is 0 Å². The van der Waals surface area contributed by atoms with E-state index in [1.54, 1.807) is 0 Å². The van der Waals surface area contributed by atoms with Crippen LogP contribution in [-0.4, -0.2) is 35.8 Å². The van der Waals surface area contributed by atoms with E-state index in [1.807, 2.05) is 53.1 Å². The SMILES string of the molecule is CCC(=O)N(c1ccccc1)C1CCN(C(=O)[C@@H]2CCc3ccccc32)CC1. The zero-order valence-corrected chi connectivity index (χ0v) is 16.5. The number of aryl methyl sites for hydroxylation is 1. The molecule has 1 heterocycles. The van der Waals surface area contributed by atoms with Crippen molar-refractivity contribution in [2.24, 2.45) is 0 Å². The van der Waals surface area contributed by atoms with Gasteiger partial charge in [-0.2, -0.15) is 0 Å². The predicted octanol–water partition coefficient (Wildman–Crippen LogP) is 4.15. The molecule has 0 spiro atoms. The maximum atomic E-state index is 13.1.